The van der Waals surface area contributed by atoms with Crippen LogP contribution in [0.3, 0.4) is 0 Å². The summed E-state index contributed by atoms with van der Waals surface area (Å²) in [6, 6.07) is 0. The van der Waals surface area contributed by atoms with Crippen LogP contribution in [0.25, 0.3) is 0 Å². The SMILES string of the molecule is CCCCCCC(=CCC=O)CCCCCC. The van der Waals surface area contributed by atoms with Gasteiger partial charge in [-0.05, 0) is 25.7 Å². The van der Waals surface area contributed by atoms with E-state index in [9.17, 15) is 4.79 Å². The van der Waals surface area contributed by atoms with Crippen molar-refractivity contribution >= 4 is 6.29 Å². The minimum absolute atomic E-state index is 0.608. The second-order valence-electron chi connectivity index (χ2n) is 4.89. The molecule has 17 heavy (non-hydrogen) atoms. The van der Waals surface area contributed by atoms with Gasteiger partial charge >= 0.3 is 0 Å². The highest BCUT2D eigenvalue weighted by molar-refractivity contribution is 5.52. The molecular formula is C16H30O. The van der Waals surface area contributed by atoms with E-state index < -0.39 is 0 Å². The van der Waals surface area contributed by atoms with Crippen molar-refractivity contribution in [2.45, 2.75) is 84.5 Å². The quantitative estimate of drug-likeness (QED) is 0.251. The molecule has 0 fully saturated rings. The fraction of sp³-hybridized carbons (Fsp3) is 0.812. The van der Waals surface area contributed by atoms with E-state index in [4.69, 9.17) is 0 Å². The number of hydrogen-bond donors (Lipinski definition) is 0. The molecule has 0 spiro atoms. The molecule has 1 heteroatoms. The van der Waals surface area contributed by atoms with E-state index in [-0.39, 0.29) is 0 Å². The van der Waals surface area contributed by atoms with Crippen molar-refractivity contribution in [2.75, 3.05) is 0 Å². The van der Waals surface area contributed by atoms with Crippen LogP contribution in [0.2, 0.25) is 0 Å². The Bertz CT molecular complexity index is 180. The molecule has 100 valence electrons. The van der Waals surface area contributed by atoms with Gasteiger partial charge in [0.05, 0.1) is 0 Å². The van der Waals surface area contributed by atoms with Gasteiger partial charge in [0.15, 0.2) is 0 Å². The fourth-order valence-corrected chi connectivity index (χ4v) is 2.10. The zero-order valence-electron chi connectivity index (χ0n) is 11.8. The number of aldehydes is 1. The molecule has 0 aliphatic rings. The normalized spacial score (nSPS) is 10.2. The molecule has 0 radical (unpaired) electrons. The highest BCUT2D eigenvalue weighted by Crippen LogP contribution is 2.17. The highest BCUT2D eigenvalue weighted by atomic mass is 16.1. The summed E-state index contributed by atoms with van der Waals surface area (Å²) in [7, 11) is 0. The van der Waals surface area contributed by atoms with Gasteiger partial charge in [-0.3, -0.25) is 0 Å². The second-order valence-corrected chi connectivity index (χ2v) is 4.89. The lowest BCUT2D eigenvalue weighted by Crippen LogP contribution is -1.88. The van der Waals surface area contributed by atoms with Gasteiger partial charge in [-0.1, -0.05) is 64.0 Å². The summed E-state index contributed by atoms with van der Waals surface area (Å²) in [5.74, 6) is 0. The molecular weight excluding hydrogens is 208 g/mol. The number of rotatable bonds is 12. The number of carbonyl (C=O) groups is 1. The summed E-state index contributed by atoms with van der Waals surface area (Å²) in [5, 5.41) is 0. The van der Waals surface area contributed by atoms with Crippen molar-refractivity contribution in [3.05, 3.63) is 11.6 Å². The summed E-state index contributed by atoms with van der Waals surface area (Å²) in [4.78, 5) is 10.4. The molecule has 0 heterocycles. The van der Waals surface area contributed by atoms with Crippen molar-refractivity contribution in [1.29, 1.82) is 0 Å². The molecule has 0 aromatic heterocycles. The summed E-state index contributed by atoms with van der Waals surface area (Å²) in [6.07, 6.45) is 16.7. The minimum Gasteiger partial charge on any atom is -0.303 e. The van der Waals surface area contributed by atoms with Gasteiger partial charge in [-0.25, -0.2) is 0 Å². The molecule has 1 nitrogen and oxygen atoms in total. The van der Waals surface area contributed by atoms with E-state index in [1.54, 1.807) is 0 Å². The average molecular weight is 238 g/mol. The Kier molecular flexibility index (Phi) is 13.0. The van der Waals surface area contributed by atoms with Gasteiger partial charge in [0.25, 0.3) is 0 Å². The third-order valence-electron chi connectivity index (χ3n) is 3.21. The number of allylic oxidation sites excluding steroid dienone is 2. The summed E-state index contributed by atoms with van der Waals surface area (Å²) in [5.41, 5.74) is 1.52. The average Bonchev–Trinajstić information content (AvgIpc) is 2.35. The summed E-state index contributed by atoms with van der Waals surface area (Å²) >= 11 is 0. The van der Waals surface area contributed by atoms with Crippen molar-refractivity contribution in [2.24, 2.45) is 0 Å². The van der Waals surface area contributed by atoms with E-state index in [2.05, 4.69) is 19.9 Å². The van der Waals surface area contributed by atoms with Gasteiger partial charge in [0.1, 0.15) is 6.29 Å². The zero-order valence-corrected chi connectivity index (χ0v) is 11.8. The smallest absolute Gasteiger partial charge is 0.123 e. The number of unbranched alkanes of at least 4 members (excludes halogenated alkanes) is 6. The van der Waals surface area contributed by atoms with Crippen LogP contribution in [0.15, 0.2) is 11.6 Å². The first-order valence-corrected chi connectivity index (χ1v) is 7.46. The van der Waals surface area contributed by atoms with Crippen molar-refractivity contribution in [3.8, 4) is 0 Å². The maximum atomic E-state index is 10.4. The lowest BCUT2D eigenvalue weighted by molar-refractivity contribution is -0.107. The Morgan fingerprint density at radius 2 is 1.35 bits per heavy atom. The Morgan fingerprint density at radius 1 is 0.824 bits per heavy atom. The van der Waals surface area contributed by atoms with Crippen LogP contribution in [-0.4, -0.2) is 6.29 Å². The lowest BCUT2D eigenvalue weighted by atomic mass is 9.99. The fourth-order valence-electron chi connectivity index (χ4n) is 2.10. The molecule has 0 aromatic rings. The van der Waals surface area contributed by atoms with Crippen LogP contribution >= 0.6 is 0 Å². The van der Waals surface area contributed by atoms with E-state index >= 15 is 0 Å². The monoisotopic (exact) mass is 238 g/mol. The third-order valence-corrected chi connectivity index (χ3v) is 3.21. The van der Waals surface area contributed by atoms with Gasteiger partial charge in [0.2, 0.25) is 0 Å². The number of carbonyl (C=O) groups excluding carboxylic acids is 1. The van der Waals surface area contributed by atoms with Gasteiger partial charge in [-0.15, -0.1) is 0 Å². The molecule has 0 N–H and O–H groups in total. The molecule has 0 aromatic carbocycles. The van der Waals surface area contributed by atoms with Crippen LogP contribution in [0.4, 0.5) is 0 Å². The van der Waals surface area contributed by atoms with Gasteiger partial charge < -0.3 is 4.79 Å². The first-order chi connectivity index (χ1) is 8.35. The molecule has 0 saturated carbocycles. The minimum atomic E-state index is 0.608. The van der Waals surface area contributed by atoms with E-state index in [1.807, 2.05) is 0 Å². The lowest BCUT2D eigenvalue weighted by Gasteiger charge is -2.07. The summed E-state index contributed by atoms with van der Waals surface area (Å²) < 4.78 is 0. The molecule has 0 rings (SSSR count). The molecule has 0 unspecified atom stereocenters. The molecule has 0 aliphatic carbocycles. The second kappa shape index (κ2) is 13.5. The van der Waals surface area contributed by atoms with Crippen molar-refractivity contribution in [3.63, 3.8) is 0 Å². The van der Waals surface area contributed by atoms with E-state index in [0.29, 0.717) is 6.42 Å². The van der Waals surface area contributed by atoms with Crippen molar-refractivity contribution in [1.82, 2.24) is 0 Å². The maximum Gasteiger partial charge on any atom is 0.123 e. The zero-order chi connectivity index (χ0) is 12.8. The third kappa shape index (κ3) is 11.7. The first-order valence-electron chi connectivity index (χ1n) is 7.46. The van der Waals surface area contributed by atoms with Gasteiger partial charge in [0, 0.05) is 6.42 Å². The van der Waals surface area contributed by atoms with Crippen LogP contribution in [-0.2, 0) is 4.79 Å². The van der Waals surface area contributed by atoms with Crippen LogP contribution < -0.4 is 0 Å². The van der Waals surface area contributed by atoms with Crippen LogP contribution in [0.5, 0.6) is 0 Å². The summed E-state index contributed by atoms with van der Waals surface area (Å²) in [6.45, 7) is 4.49. The first kappa shape index (κ1) is 16.4. The Hall–Kier alpha value is -0.590. The Morgan fingerprint density at radius 3 is 1.76 bits per heavy atom. The molecule has 0 aliphatic heterocycles. The van der Waals surface area contributed by atoms with Crippen molar-refractivity contribution < 1.29 is 4.79 Å². The number of hydrogen-bond acceptors (Lipinski definition) is 1. The van der Waals surface area contributed by atoms with Gasteiger partial charge in [-0.2, -0.15) is 0 Å². The predicted molar refractivity (Wildman–Crippen MR) is 76.3 cm³/mol. The van der Waals surface area contributed by atoms with E-state index in [1.165, 1.54) is 69.8 Å². The molecule has 0 atom stereocenters. The topological polar surface area (TPSA) is 17.1 Å². The standard InChI is InChI=1S/C16H30O/c1-3-5-7-9-12-16(14-11-15-17)13-10-8-6-4-2/h14-15H,3-13H2,1-2H3. The molecule has 0 saturated heterocycles. The predicted octanol–water partition coefficient (Wildman–Crippen LogP) is 5.44. The van der Waals surface area contributed by atoms with E-state index in [0.717, 1.165) is 6.29 Å². The highest BCUT2D eigenvalue weighted by Gasteiger charge is 1.98. The Labute approximate surface area is 108 Å². The maximum absolute atomic E-state index is 10.4. The largest absolute Gasteiger partial charge is 0.303 e. The van der Waals surface area contributed by atoms with Crippen LogP contribution in [0, 0.1) is 0 Å². The Balaban J connectivity index is 3.76. The molecule has 0 bridgehead atoms. The molecule has 0 amide bonds. The van der Waals surface area contributed by atoms with Crippen LogP contribution in [0.1, 0.15) is 84.5 Å².